The van der Waals surface area contributed by atoms with Crippen molar-refractivity contribution in [2.24, 2.45) is 0 Å². The Balaban J connectivity index is 2.53. The van der Waals surface area contributed by atoms with Crippen LogP contribution in [0.1, 0.15) is 0 Å². The molecule has 1 unspecified atom stereocenters. The number of rotatable bonds is 3. The van der Waals surface area contributed by atoms with Gasteiger partial charge in [-0.05, 0) is 6.07 Å². The molecule has 12 heavy (non-hydrogen) atoms. The van der Waals surface area contributed by atoms with Crippen LogP contribution in [0.2, 0.25) is 0 Å². The van der Waals surface area contributed by atoms with Crippen LogP contribution in [0, 0.1) is 0 Å². The second kappa shape index (κ2) is 3.94. The molecule has 1 aromatic rings. The van der Waals surface area contributed by atoms with E-state index < -0.39 is 12.8 Å². The zero-order valence-electron chi connectivity index (χ0n) is 5.95. The number of alkyl halides is 3. The first-order valence-electron chi connectivity index (χ1n) is 3.20. The highest BCUT2D eigenvalue weighted by Crippen LogP contribution is 2.12. The van der Waals surface area contributed by atoms with Crippen LogP contribution in [-0.2, 0) is 0 Å². The fourth-order valence-electron chi connectivity index (χ4n) is 0.584. The van der Waals surface area contributed by atoms with Gasteiger partial charge in [-0.25, -0.2) is 13.8 Å². The molecule has 0 aromatic carbocycles. The van der Waals surface area contributed by atoms with E-state index in [1.54, 1.807) is 6.07 Å². The van der Waals surface area contributed by atoms with Gasteiger partial charge in [-0.1, -0.05) is 6.07 Å². The SMILES string of the molecule is FC(F)C(F)Oc1ccccn1. The van der Waals surface area contributed by atoms with Gasteiger partial charge in [0.2, 0.25) is 5.88 Å². The van der Waals surface area contributed by atoms with Crippen LogP contribution in [0.4, 0.5) is 13.2 Å². The van der Waals surface area contributed by atoms with Crippen molar-refractivity contribution in [1.29, 1.82) is 0 Å². The Morgan fingerprint density at radius 2 is 2.00 bits per heavy atom. The summed E-state index contributed by atoms with van der Waals surface area (Å²) >= 11 is 0. The van der Waals surface area contributed by atoms with E-state index >= 15 is 0 Å². The molecule has 0 fully saturated rings. The van der Waals surface area contributed by atoms with E-state index in [1.807, 2.05) is 0 Å². The summed E-state index contributed by atoms with van der Waals surface area (Å²) in [4.78, 5) is 3.51. The zero-order chi connectivity index (χ0) is 8.97. The summed E-state index contributed by atoms with van der Waals surface area (Å²) in [5.74, 6) is -0.148. The van der Waals surface area contributed by atoms with Crippen LogP contribution in [0.3, 0.4) is 0 Å². The Kier molecular flexibility index (Phi) is 2.90. The number of hydrogen-bond acceptors (Lipinski definition) is 2. The predicted octanol–water partition coefficient (Wildman–Crippen LogP) is 2.02. The molecule has 0 radical (unpaired) electrons. The maximum absolute atomic E-state index is 12.2. The normalized spacial score (nSPS) is 13.0. The lowest BCUT2D eigenvalue weighted by atomic mass is 10.5. The number of hydrogen-bond donors (Lipinski definition) is 0. The van der Waals surface area contributed by atoms with Gasteiger partial charge in [-0.15, -0.1) is 0 Å². The number of pyridine rings is 1. The Morgan fingerprint density at radius 1 is 1.25 bits per heavy atom. The molecule has 1 atom stereocenters. The van der Waals surface area contributed by atoms with E-state index in [-0.39, 0.29) is 5.88 Å². The average molecular weight is 177 g/mol. The van der Waals surface area contributed by atoms with E-state index in [0.717, 1.165) is 0 Å². The summed E-state index contributed by atoms with van der Waals surface area (Å²) in [5, 5.41) is 0. The van der Waals surface area contributed by atoms with Gasteiger partial charge in [-0.2, -0.15) is 4.39 Å². The van der Waals surface area contributed by atoms with Crippen LogP contribution >= 0.6 is 0 Å². The number of halogens is 3. The Bertz CT molecular complexity index is 229. The maximum atomic E-state index is 12.2. The second-order valence-corrected chi connectivity index (χ2v) is 1.97. The fourth-order valence-corrected chi connectivity index (χ4v) is 0.584. The summed E-state index contributed by atoms with van der Waals surface area (Å²) in [5.41, 5.74) is 0. The van der Waals surface area contributed by atoms with Crippen molar-refractivity contribution < 1.29 is 17.9 Å². The maximum Gasteiger partial charge on any atom is 0.304 e. The Morgan fingerprint density at radius 3 is 2.50 bits per heavy atom. The lowest BCUT2D eigenvalue weighted by Gasteiger charge is -2.08. The largest absolute Gasteiger partial charge is 0.437 e. The molecule has 5 heteroatoms. The lowest BCUT2D eigenvalue weighted by Crippen LogP contribution is -2.19. The summed E-state index contributed by atoms with van der Waals surface area (Å²) < 4.78 is 39.5. The van der Waals surface area contributed by atoms with Gasteiger partial charge in [0.05, 0.1) is 0 Å². The first kappa shape index (κ1) is 8.83. The molecule has 1 aromatic heterocycles. The Labute approximate surface area is 67.0 Å². The highest BCUT2D eigenvalue weighted by Gasteiger charge is 2.20. The van der Waals surface area contributed by atoms with Gasteiger partial charge >= 0.3 is 6.43 Å². The molecule has 0 bridgehead atoms. The lowest BCUT2D eigenvalue weighted by molar-refractivity contribution is -0.0690. The topological polar surface area (TPSA) is 22.1 Å². The van der Waals surface area contributed by atoms with Crippen molar-refractivity contribution in [2.75, 3.05) is 0 Å². The van der Waals surface area contributed by atoms with Crippen LogP contribution < -0.4 is 4.74 Å². The minimum absolute atomic E-state index is 0.148. The van der Waals surface area contributed by atoms with Crippen molar-refractivity contribution in [3.05, 3.63) is 24.4 Å². The molecule has 0 saturated heterocycles. The molecular weight excluding hydrogens is 171 g/mol. The van der Waals surface area contributed by atoms with Gasteiger partial charge in [0.15, 0.2) is 0 Å². The van der Waals surface area contributed by atoms with Gasteiger partial charge in [0.1, 0.15) is 0 Å². The molecule has 1 heterocycles. The Hall–Kier alpha value is -1.26. The standard InChI is InChI=1S/C7H6F3NO/c8-6(9)7(10)12-5-3-1-2-4-11-5/h1-4,6-7H. The smallest absolute Gasteiger partial charge is 0.304 e. The zero-order valence-corrected chi connectivity index (χ0v) is 5.95. The van der Waals surface area contributed by atoms with Crippen molar-refractivity contribution >= 4 is 0 Å². The average Bonchev–Trinajstić information content (AvgIpc) is 2.06. The molecular formula is C7H6F3NO. The second-order valence-electron chi connectivity index (χ2n) is 1.97. The van der Waals surface area contributed by atoms with E-state index in [2.05, 4.69) is 9.72 Å². The number of ether oxygens (including phenoxy) is 1. The third-order valence-corrected chi connectivity index (χ3v) is 1.07. The van der Waals surface area contributed by atoms with Gasteiger partial charge in [-0.3, -0.25) is 0 Å². The van der Waals surface area contributed by atoms with Gasteiger partial charge < -0.3 is 4.74 Å². The van der Waals surface area contributed by atoms with Crippen LogP contribution in [-0.4, -0.2) is 17.8 Å². The summed E-state index contributed by atoms with van der Waals surface area (Å²) in [6, 6.07) is 4.39. The van der Waals surface area contributed by atoms with Crippen LogP contribution in [0.5, 0.6) is 5.88 Å². The van der Waals surface area contributed by atoms with Crippen molar-refractivity contribution in [3.8, 4) is 5.88 Å². The summed E-state index contributed by atoms with van der Waals surface area (Å²) in [7, 11) is 0. The van der Waals surface area contributed by atoms with Crippen molar-refractivity contribution in [1.82, 2.24) is 4.98 Å². The minimum atomic E-state index is -3.15. The molecule has 2 nitrogen and oxygen atoms in total. The molecule has 0 aliphatic heterocycles. The van der Waals surface area contributed by atoms with Crippen molar-refractivity contribution in [2.45, 2.75) is 12.8 Å². The molecule has 66 valence electrons. The third-order valence-electron chi connectivity index (χ3n) is 1.07. The third kappa shape index (κ3) is 2.41. The van der Waals surface area contributed by atoms with Crippen molar-refractivity contribution in [3.63, 3.8) is 0 Å². The summed E-state index contributed by atoms with van der Waals surface area (Å²) in [6.07, 6.45) is -4.43. The molecule has 0 aliphatic carbocycles. The van der Waals surface area contributed by atoms with Crippen LogP contribution in [0.25, 0.3) is 0 Å². The number of aromatic nitrogens is 1. The quantitative estimate of drug-likeness (QED) is 0.704. The first-order valence-corrected chi connectivity index (χ1v) is 3.20. The van der Waals surface area contributed by atoms with Gasteiger partial charge in [0.25, 0.3) is 6.36 Å². The summed E-state index contributed by atoms with van der Waals surface area (Å²) in [6.45, 7) is 0. The monoisotopic (exact) mass is 177 g/mol. The highest BCUT2D eigenvalue weighted by atomic mass is 19.3. The van der Waals surface area contributed by atoms with Gasteiger partial charge in [0, 0.05) is 12.3 Å². The van der Waals surface area contributed by atoms with E-state index in [1.165, 1.54) is 18.3 Å². The molecule has 0 amide bonds. The van der Waals surface area contributed by atoms with E-state index in [0.29, 0.717) is 0 Å². The number of nitrogens with zero attached hydrogens (tertiary/aromatic N) is 1. The minimum Gasteiger partial charge on any atom is -0.437 e. The van der Waals surface area contributed by atoms with Crippen LogP contribution in [0.15, 0.2) is 24.4 Å². The molecule has 1 rings (SSSR count). The predicted molar refractivity (Wildman–Crippen MR) is 35.8 cm³/mol. The molecule has 0 aliphatic rings. The molecule has 0 saturated carbocycles. The molecule has 0 N–H and O–H groups in total. The van der Waals surface area contributed by atoms with E-state index in [4.69, 9.17) is 0 Å². The highest BCUT2D eigenvalue weighted by molar-refractivity contribution is 5.09. The fraction of sp³-hybridized carbons (Fsp3) is 0.286. The molecule has 0 spiro atoms. The first-order chi connectivity index (χ1) is 5.70. The van der Waals surface area contributed by atoms with E-state index in [9.17, 15) is 13.2 Å².